The molecule has 0 saturated heterocycles. The van der Waals surface area contributed by atoms with Crippen molar-refractivity contribution in [2.45, 2.75) is 174 Å². The number of fused-ring (bicyclic) bond motifs is 2. The van der Waals surface area contributed by atoms with E-state index in [1.165, 1.54) is 67.5 Å². The summed E-state index contributed by atoms with van der Waals surface area (Å²) in [5.41, 5.74) is -16.2. The molecule has 4 amide bonds. The van der Waals surface area contributed by atoms with Crippen LogP contribution < -0.4 is 9.80 Å². The van der Waals surface area contributed by atoms with Crippen molar-refractivity contribution in [3.8, 4) is 0 Å². The second-order valence-electron chi connectivity index (χ2n) is 25.6. The molecule has 0 unspecified atom stereocenters. The quantitative estimate of drug-likeness (QED) is 0.0330. The maximum atomic E-state index is 17.9. The minimum Gasteiger partial charge on any atom is -0.268 e. The molecular weight excluding hydrogens is 1510 g/mol. The second kappa shape index (κ2) is 23.1. The van der Waals surface area contributed by atoms with E-state index in [4.69, 9.17) is 0 Å². The van der Waals surface area contributed by atoms with Crippen molar-refractivity contribution in [2.75, 3.05) is 9.80 Å². The number of carbonyl (C=O) groups is 4. The Hall–Kier alpha value is -8.26. The highest BCUT2D eigenvalue weighted by atomic mass is 19.4. The average Bonchev–Trinajstić information content (AvgIpc) is 0.634. The maximum absolute atomic E-state index is 17.9. The third-order valence-electron chi connectivity index (χ3n) is 18.1. The van der Waals surface area contributed by atoms with Crippen LogP contribution in [0.5, 0.6) is 0 Å². The lowest BCUT2D eigenvalue weighted by Crippen LogP contribution is -2.74. The summed E-state index contributed by atoms with van der Waals surface area (Å²) < 4.78 is 521. The summed E-state index contributed by atoms with van der Waals surface area (Å²) >= 11 is 0. The topological polar surface area (TPSA) is 74.8 Å². The number of hydrogen-bond donors (Lipinski definition) is 0. The highest BCUT2D eigenvalue weighted by Gasteiger charge is 2.97. The summed E-state index contributed by atoms with van der Waals surface area (Å²) in [6.45, 7) is 10.4. The minimum absolute atomic E-state index is 0.101. The van der Waals surface area contributed by atoms with E-state index in [1.807, 2.05) is 0 Å². The summed E-state index contributed by atoms with van der Waals surface area (Å²) in [6.07, 6.45) is -16.5. The van der Waals surface area contributed by atoms with E-state index in [0.29, 0.717) is 0 Å². The predicted octanol–water partition coefficient (Wildman–Crippen LogP) is 22.8. The first-order valence-electron chi connectivity index (χ1n) is 29.3. The average molecular weight is 1550 g/mol. The Morgan fingerprint density at radius 1 is 0.250 bits per heavy atom. The van der Waals surface area contributed by atoms with Gasteiger partial charge in [-0.2, -0.15) is 149 Å². The van der Waals surface area contributed by atoms with Crippen LogP contribution in [-0.4, -0.2) is 107 Å². The van der Waals surface area contributed by atoms with Crippen molar-refractivity contribution in [2.24, 2.45) is 0 Å². The lowest BCUT2D eigenvalue weighted by Gasteiger charge is -2.43. The van der Waals surface area contributed by atoms with Crippen LogP contribution in [0.25, 0.3) is 43.1 Å². The molecule has 0 bridgehead atoms. The van der Waals surface area contributed by atoms with E-state index in [9.17, 15) is 61.5 Å². The van der Waals surface area contributed by atoms with Gasteiger partial charge < -0.3 is 0 Å². The van der Waals surface area contributed by atoms with Gasteiger partial charge in [0, 0.05) is 54.9 Å². The molecule has 0 spiro atoms. The molecule has 2 heterocycles. The van der Waals surface area contributed by atoms with Gasteiger partial charge in [0.15, 0.2) is 0 Å². The fourth-order valence-corrected chi connectivity index (χ4v) is 12.6. The molecule has 2 aliphatic heterocycles. The number of rotatable bonds is 20. The maximum Gasteiger partial charge on any atom is 0.460 e. The third kappa shape index (κ3) is 9.74. The molecule has 40 heteroatoms. The van der Waals surface area contributed by atoms with Gasteiger partial charge in [-0.1, -0.05) is 104 Å². The van der Waals surface area contributed by atoms with E-state index < -0.39 is 243 Å². The molecule has 0 aromatic heterocycles. The Bertz CT molecular complexity index is 4400. The number of benzene rings is 7. The molecule has 0 atom stereocenters. The van der Waals surface area contributed by atoms with Gasteiger partial charge in [-0.25, -0.2) is 9.80 Å². The molecule has 7 aromatic carbocycles. The van der Waals surface area contributed by atoms with Crippen molar-refractivity contribution in [3.63, 3.8) is 0 Å². The Kier molecular flexibility index (Phi) is 17.8. The molecule has 9 rings (SSSR count). The molecule has 6 nitrogen and oxygen atoms in total. The Balaban J connectivity index is 1.53. The van der Waals surface area contributed by atoms with Crippen molar-refractivity contribution in [3.05, 3.63) is 128 Å². The number of imide groups is 2. The molecule has 0 radical (unpaired) electrons. The van der Waals surface area contributed by atoms with Crippen molar-refractivity contribution in [1.29, 1.82) is 0 Å². The number of amides is 4. The SMILES string of the molecule is CC(C)c1cccc(C(C)C)c1N1C(=O)c2ccc3c4c(C(F)(F)C(F)(F)C(F)(F)C(F)(F)C(F)(F)C(F)(F)C(F)(F)C(F)(F)F)cc5c6c(ccc(c7c(C(F)(F)C(F)(F)C(F)(F)C(F)(F)C(F)(F)C(F)(F)C(F)(F)C(F)(F)F)cc(c2c37)C1=O)c64)C(=O)N(c1c(C(C)C)cccc1C(C)C)C5=O. The summed E-state index contributed by atoms with van der Waals surface area (Å²) in [4.78, 5) is 60.8. The Morgan fingerprint density at radius 2 is 0.462 bits per heavy atom. The molecule has 0 fully saturated rings. The molecule has 568 valence electrons. The molecule has 104 heavy (non-hydrogen) atoms. The van der Waals surface area contributed by atoms with Crippen LogP contribution in [-0.2, 0) is 11.8 Å². The zero-order chi connectivity index (χ0) is 79.8. The summed E-state index contributed by atoms with van der Waals surface area (Å²) in [6, 6.07) is 4.88. The standard InChI is InChI=1S/C64H40F34N2O4/c1-21(2)25-11-9-12-26(22(3)4)43(25)99-45(101)31-17-15-29-40-36(50(67,68)52(71,72)54(75,76)56(79,80)58(83,84)60(87,88)62(91,92)64(96,97)98)20-34-38-32(46(102)100(48(34)104)44-27(23(5)6)13-10-14-28(44)24(7)8)18-16-30(42(38)40)39-35(19-33(47(99)103)37(31)41(29)39)49(65,66)51(69,70)53(73,74)55(77,78)57(81,82)59(85,86)61(89,90)63(93,94)95/h9-24H,1-8H3. The van der Waals surface area contributed by atoms with Crippen LogP contribution in [0.2, 0.25) is 0 Å². The molecule has 0 saturated carbocycles. The van der Waals surface area contributed by atoms with Gasteiger partial charge in [0.1, 0.15) is 0 Å². The molecular formula is C64H40F34N2O4. The first-order valence-corrected chi connectivity index (χ1v) is 29.3. The van der Waals surface area contributed by atoms with Crippen LogP contribution >= 0.6 is 0 Å². The van der Waals surface area contributed by atoms with Gasteiger partial charge >= 0.3 is 95.3 Å². The molecule has 0 aliphatic carbocycles. The zero-order valence-electron chi connectivity index (χ0n) is 52.6. The monoisotopic (exact) mass is 1550 g/mol. The normalized spacial score (nSPS) is 16.2. The molecule has 2 aliphatic rings. The summed E-state index contributed by atoms with van der Waals surface area (Å²) in [7, 11) is 0. The minimum atomic E-state index is -9.42. The van der Waals surface area contributed by atoms with Crippen molar-refractivity contribution < 1.29 is 168 Å². The fraction of sp³-hybridized carbons (Fsp3) is 0.438. The van der Waals surface area contributed by atoms with Crippen molar-refractivity contribution in [1.82, 2.24) is 0 Å². The highest BCUT2D eigenvalue weighted by molar-refractivity contribution is 6.46. The van der Waals surface area contributed by atoms with Crippen LogP contribution in [0.3, 0.4) is 0 Å². The molecule has 7 aromatic rings. The van der Waals surface area contributed by atoms with Gasteiger partial charge in [-0.3, -0.25) is 19.2 Å². The highest BCUT2D eigenvalue weighted by Crippen LogP contribution is 2.69. The lowest BCUT2D eigenvalue weighted by molar-refractivity contribution is -0.462. The smallest absolute Gasteiger partial charge is 0.268 e. The van der Waals surface area contributed by atoms with E-state index in [-0.39, 0.29) is 56.3 Å². The Labute approximate surface area is 558 Å². The van der Waals surface area contributed by atoms with Gasteiger partial charge in [0.25, 0.3) is 23.6 Å². The number of alkyl halides is 34. The number of carbonyl (C=O) groups excluding carboxylic acids is 4. The van der Waals surface area contributed by atoms with E-state index in [1.54, 1.807) is 0 Å². The van der Waals surface area contributed by atoms with Crippen LogP contribution in [0.15, 0.2) is 72.8 Å². The number of halogens is 34. The largest absolute Gasteiger partial charge is 0.460 e. The van der Waals surface area contributed by atoms with Gasteiger partial charge in [0.05, 0.1) is 11.4 Å². The van der Waals surface area contributed by atoms with Gasteiger partial charge in [-0.05, 0) is 91.7 Å². The predicted molar refractivity (Wildman–Crippen MR) is 298 cm³/mol. The third-order valence-corrected chi connectivity index (χ3v) is 18.1. The van der Waals surface area contributed by atoms with Crippen LogP contribution in [0, 0.1) is 0 Å². The van der Waals surface area contributed by atoms with Gasteiger partial charge in [0.2, 0.25) is 0 Å². The van der Waals surface area contributed by atoms with E-state index >= 15 is 107 Å². The number of anilines is 2. The summed E-state index contributed by atoms with van der Waals surface area (Å²) in [5.74, 6) is -138. The summed E-state index contributed by atoms with van der Waals surface area (Å²) in [5, 5.41) is -17.2. The number of para-hydroxylation sites is 2. The van der Waals surface area contributed by atoms with E-state index in [2.05, 4.69) is 0 Å². The first kappa shape index (κ1) is 79.8. The number of nitrogens with zero attached hydrogens (tertiary/aromatic N) is 2. The lowest BCUT2D eigenvalue weighted by atomic mass is 9.76. The number of hydrogen-bond acceptors (Lipinski definition) is 4. The Morgan fingerprint density at radius 3 is 0.683 bits per heavy atom. The van der Waals surface area contributed by atoms with E-state index in [0.717, 1.165) is 24.3 Å². The second-order valence-corrected chi connectivity index (χ2v) is 25.6. The van der Waals surface area contributed by atoms with Crippen LogP contribution in [0.4, 0.5) is 161 Å². The van der Waals surface area contributed by atoms with Crippen molar-refractivity contribution >= 4 is 78.1 Å². The zero-order valence-corrected chi connectivity index (χ0v) is 52.6. The first-order chi connectivity index (χ1) is 46.6. The fourth-order valence-electron chi connectivity index (χ4n) is 12.6. The van der Waals surface area contributed by atoms with Crippen LogP contribution in [0.1, 0.15) is 154 Å². The molecule has 0 N–H and O–H groups in total. The van der Waals surface area contributed by atoms with Gasteiger partial charge in [-0.15, -0.1) is 0 Å².